The van der Waals surface area contributed by atoms with Crippen molar-refractivity contribution in [3.05, 3.63) is 31.9 Å². The van der Waals surface area contributed by atoms with Gasteiger partial charge in [-0.2, -0.15) is 5.26 Å². The lowest BCUT2D eigenvalue weighted by Gasteiger charge is -2.11. The minimum atomic E-state index is 0.261. The van der Waals surface area contributed by atoms with Crippen LogP contribution < -0.4 is 5.32 Å². The van der Waals surface area contributed by atoms with Crippen LogP contribution in [0.5, 0.6) is 0 Å². The second-order valence-corrected chi connectivity index (χ2v) is 6.74. The number of rotatable bonds is 4. The van der Waals surface area contributed by atoms with Gasteiger partial charge >= 0.3 is 0 Å². The average Bonchev–Trinajstić information content (AvgIpc) is 2.85. The van der Waals surface area contributed by atoms with E-state index in [-0.39, 0.29) is 11.2 Å². The summed E-state index contributed by atoms with van der Waals surface area (Å²) in [6, 6.07) is 6.56. The van der Waals surface area contributed by atoms with Gasteiger partial charge in [0.2, 0.25) is 0 Å². The largest absolute Gasteiger partial charge is 0.359 e. The SMILES string of the molecule is Cc1ccc(CC(C)Nc2nc(Cl)c(C#N)s2)s1. The molecule has 1 N–H and O–H groups in total. The Morgan fingerprint density at radius 1 is 1.50 bits per heavy atom. The number of thiazole rings is 1. The van der Waals surface area contributed by atoms with E-state index in [1.807, 2.05) is 6.07 Å². The maximum absolute atomic E-state index is 8.81. The molecule has 6 heteroatoms. The number of nitriles is 1. The molecule has 1 unspecified atom stereocenters. The van der Waals surface area contributed by atoms with Crippen molar-refractivity contribution in [2.75, 3.05) is 5.32 Å². The molecule has 0 radical (unpaired) electrons. The Balaban J connectivity index is 1.98. The highest BCUT2D eigenvalue weighted by Crippen LogP contribution is 2.27. The molecule has 3 nitrogen and oxygen atoms in total. The van der Waals surface area contributed by atoms with Gasteiger partial charge in [0, 0.05) is 22.2 Å². The van der Waals surface area contributed by atoms with E-state index in [1.165, 1.54) is 21.1 Å². The van der Waals surface area contributed by atoms with Gasteiger partial charge in [-0.15, -0.1) is 11.3 Å². The Morgan fingerprint density at radius 2 is 2.28 bits per heavy atom. The minimum Gasteiger partial charge on any atom is -0.359 e. The van der Waals surface area contributed by atoms with Crippen LogP contribution in [-0.2, 0) is 6.42 Å². The molecule has 0 spiro atoms. The number of nitrogens with zero attached hydrogens (tertiary/aromatic N) is 2. The Bertz CT molecular complexity index is 582. The van der Waals surface area contributed by atoms with E-state index in [9.17, 15) is 0 Å². The van der Waals surface area contributed by atoms with E-state index in [2.05, 4.69) is 36.3 Å². The van der Waals surface area contributed by atoms with Gasteiger partial charge in [-0.05, 0) is 26.0 Å². The first kappa shape index (κ1) is 13.3. The zero-order valence-electron chi connectivity index (χ0n) is 10.0. The third kappa shape index (κ3) is 3.22. The molecule has 0 aliphatic rings. The normalized spacial score (nSPS) is 12.1. The summed E-state index contributed by atoms with van der Waals surface area (Å²) in [7, 11) is 0. The van der Waals surface area contributed by atoms with Crippen LogP contribution in [0, 0.1) is 18.3 Å². The second kappa shape index (κ2) is 5.70. The van der Waals surface area contributed by atoms with Gasteiger partial charge in [0.15, 0.2) is 10.3 Å². The first-order valence-corrected chi connectivity index (χ1v) is 7.48. The fourth-order valence-electron chi connectivity index (χ4n) is 1.59. The van der Waals surface area contributed by atoms with Gasteiger partial charge in [0.1, 0.15) is 10.9 Å². The lowest BCUT2D eigenvalue weighted by molar-refractivity contribution is 0.799. The number of hydrogen-bond acceptors (Lipinski definition) is 5. The molecule has 0 saturated heterocycles. The van der Waals surface area contributed by atoms with Crippen LogP contribution in [0.15, 0.2) is 12.1 Å². The number of hydrogen-bond donors (Lipinski definition) is 1. The zero-order chi connectivity index (χ0) is 13.1. The molecule has 0 aromatic carbocycles. The molecule has 0 fully saturated rings. The van der Waals surface area contributed by atoms with Crippen LogP contribution in [0.3, 0.4) is 0 Å². The molecule has 0 aliphatic carbocycles. The molecule has 0 amide bonds. The highest BCUT2D eigenvalue weighted by molar-refractivity contribution is 7.16. The molecule has 0 saturated carbocycles. The number of halogens is 1. The van der Waals surface area contributed by atoms with Gasteiger partial charge in [0.05, 0.1) is 0 Å². The van der Waals surface area contributed by atoms with Gasteiger partial charge in [-0.1, -0.05) is 22.9 Å². The molecule has 2 heterocycles. The highest BCUT2D eigenvalue weighted by atomic mass is 35.5. The highest BCUT2D eigenvalue weighted by Gasteiger charge is 2.11. The maximum atomic E-state index is 8.81. The first-order chi connectivity index (χ1) is 8.58. The minimum absolute atomic E-state index is 0.261. The summed E-state index contributed by atoms with van der Waals surface area (Å²) in [4.78, 5) is 7.24. The van der Waals surface area contributed by atoms with Crippen LogP contribution in [0.4, 0.5) is 5.13 Å². The molecular weight excluding hydrogens is 286 g/mol. The third-order valence-electron chi connectivity index (χ3n) is 2.36. The van der Waals surface area contributed by atoms with E-state index < -0.39 is 0 Å². The second-order valence-electron chi connectivity index (χ2n) is 4.01. The van der Waals surface area contributed by atoms with Crippen molar-refractivity contribution in [3.63, 3.8) is 0 Å². The fraction of sp³-hybridized carbons (Fsp3) is 0.333. The molecule has 18 heavy (non-hydrogen) atoms. The van der Waals surface area contributed by atoms with E-state index in [4.69, 9.17) is 16.9 Å². The van der Waals surface area contributed by atoms with Gasteiger partial charge in [0.25, 0.3) is 0 Å². The van der Waals surface area contributed by atoms with Crippen molar-refractivity contribution in [3.8, 4) is 6.07 Å². The summed E-state index contributed by atoms with van der Waals surface area (Å²) in [5, 5.41) is 13.1. The monoisotopic (exact) mass is 297 g/mol. The van der Waals surface area contributed by atoms with E-state index in [0.717, 1.165) is 6.42 Å². The van der Waals surface area contributed by atoms with Crippen molar-refractivity contribution in [1.82, 2.24) is 4.98 Å². The first-order valence-electron chi connectivity index (χ1n) is 5.46. The summed E-state index contributed by atoms with van der Waals surface area (Å²) in [6.07, 6.45) is 0.942. The van der Waals surface area contributed by atoms with Crippen molar-refractivity contribution in [1.29, 1.82) is 5.26 Å². The Kier molecular flexibility index (Phi) is 4.23. The molecule has 0 bridgehead atoms. The van der Waals surface area contributed by atoms with Crippen molar-refractivity contribution < 1.29 is 0 Å². The van der Waals surface area contributed by atoms with Crippen molar-refractivity contribution >= 4 is 39.4 Å². The zero-order valence-corrected chi connectivity index (χ0v) is 12.4. The van der Waals surface area contributed by atoms with E-state index in [1.54, 1.807) is 11.3 Å². The van der Waals surface area contributed by atoms with Gasteiger partial charge in [-0.25, -0.2) is 4.98 Å². The lowest BCUT2D eigenvalue weighted by atomic mass is 10.2. The number of thiophene rings is 1. The van der Waals surface area contributed by atoms with Crippen LogP contribution in [0.2, 0.25) is 5.15 Å². The van der Waals surface area contributed by atoms with E-state index >= 15 is 0 Å². The standard InChI is InChI=1S/C12H12ClN3S2/c1-7(5-9-4-3-8(2)17-9)15-12-16-11(13)10(6-14)18-12/h3-4,7H,5H2,1-2H3,(H,15,16). The van der Waals surface area contributed by atoms with Crippen molar-refractivity contribution in [2.45, 2.75) is 26.3 Å². The van der Waals surface area contributed by atoms with Gasteiger partial charge in [-0.3, -0.25) is 0 Å². The Labute approximate surface area is 119 Å². The summed E-state index contributed by atoms with van der Waals surface area (Å²) < 4.78 is 0. The molecule has 2 aromatic heterocycles. The molecular formula is C12H12ClN3S2. The average molecular weight is 298 g/mol. The van der Waals surface area contributed by atoms with Crippen LogP contribution in [0.25, 0.3) is 0 Å². The molecule has 0 aliphatic heterocycles. The predicted octanol–water partition coefficient (Wildman–Crippen LogP) is 4.08. The van der Waals surface area contributed by atoms with Crippen LogP contribution in [0.1, 0.15) is 21.6 Å². The third-order valence-corrected chi connectivity index (χ3v) is 4.66. The quantitative estimate of drug-likeness (QED) is 0.925. The number of aryl methyl sites for hydroxylation is 1. The molecule has 2 aromatic rings. The summed E-state index contributed by atoms with van der Waals surface area (Å²) in [6.45, 7) is 4.20. The predicted molar refractivity (Wildman–Crippen MR) is 77.7 cm³/mol. The summed E-state index contributed by atoms with van der Waals surface area (Å²) >= 11 is 8.93. The van der Waals surface area contributed by atoms with Crippen molar-refractivity contribution in [2.24, 2.45) is 0 Å². The topological polar surface area (TPSA) is 48.7 Å². The Hall–Kier alpha value is -1.09. The van der Waals surface area contributed by atoms with Crippen LogP contribution >= 0.6 is 34.3 Å². The summed E-state index contributed by atoms with van der Waals surface area (Å²) in [5.74, 6) is 0. The van der Waals surface area contributed by atoms with Crippen LogP contribution in [-0.4, -0.2) is 11.0 Å². The number of anilines is 1. The smallest absolute Gasteiger partial charge is 0.185 e. The van der Waals surface area contributed by atoms with E-state index in [0.29, 0.717) is 10.0 Å². The fourth-order valence-corrected chi connectivity index (χ4v) is 3.67. The molecule has 94 valence electrons. The number of nitrogens with one attached hydrogen (secondary N) is 1. The number of aromatic nitrogens is 1. The molecule has 2 rings (SSSR count). The molecule has 1 atom stereocenters. The Morgan fingerprint density at radius 3 is 2.83 bits per heavy atom. The van der Waals surface area contributed by atoms with Gasteiger partial charge < -0.3 is 5.32 Å². The summed E-state index contributed by atoms with van der Waals surface area (Å²) in [5.41, 5.74) is 0. The lowest BCUT2D eigenvalue weighted by Crippen LogP contribution is -2.17. The maximum Gasteiger partial charge on any atom is 0.185 e.